The second kappa shape index (κ2) is 6.81. The van der Waals surface area contributed by atoms with E-state index in [1.165, 1.54) is 0 Å². The van der Waals surface area contributed by atoms with Gasteiger partial charge in [-0.25, -0.2) is 9.97 Å². The van der Waals surface area contributed by atoms with Gasteiger partial charge in [0.1, 0.15) is 17.4 Å². The third-order valence-corrected chi connectivity index (χ3v) is 7.52. The molecule has 1 saturated carbocycles. The SMILES string of the molecule is O=C(CN1C(=O)C2C3C=CC(C3)C2C1=O)Nc1ccc(-c2nc3ccccc3s2)cn1. The van der Waals surface area contributed by atoms with Crippen LogP contribution in [0.3, 0.4) is 0 Å². The van der Waals surface area contributed by atoms with Crippen molar-refractivity contribution in [1.82, 2.24) is 14.9 Å². The lowest BCUT2D eigenvalue weighted by Crippen LogP contribution is -2.39. The fourth-order valence-corrected chi connectivity index (χ4v) is 5.99. The van der Waals surface area contributed by atoms with Gasteiger partial charge in [0, 0.05) is 11.8 Å². The van der Waals surface area contributed by atoms with Crippen LogP contribution in [0.1, 0.15) is 6.42 Å². The smallest absolute Gasteiger partial charge is 0.245 e. The van der Waals surface area contributed by atoms with Crippen molar-refractivity contribution in [2.45, 2.75) is 6.42 Å². The van der Waals surface area contributed by atoms with E-state index in [2.05, 4.69) is 15.3 Å². The third-order valence-electron chi connectivity index (χ3n) is 6.44. The zero-order chi connectivity index (χ0) is 21.1. The van der Waals surface area contributed by atoms with Crippen molar-refractivity contribution < 1.29 is 14.4 Å². The fraction of sp³-hybridized carbons (Fsp3) is 0.261. The van der Waals surface area contributed by atoms with E-state index in [0.29, 0.717) is 5.82 Å². The summed E-state index contributed by atoms with van der Waals surface area (Å²) in [6, 6.07) is 11.5. The first-order valence-corrected chi connectivity index (χ1v) is 11.1. The average Bonchev–Trinajstić information content (AvgIpc) is 3.54. The second-order valence-corrected chi connectivity index (χ2v) is 9.26. The Balaban J connectivity index is 1.13. The van der Waals surface area contributed by atoms with E-state index in [4.69, 9.17) is 0 Å². The summed E-state index contributed by atoms with van der Waals surface area (Å²) in [6.45, 7) is -0.272. The van der Waals surface area contributed by atoms with E-state index < -0.39 is 5.91 Å². The number of hydrogen-bond acceptors (Lipinski definition) is 6. The average molecular weight is 430 g/mol. The Bertz CT molecular complexity index is 1200. The van der Waals surface area contributed by atoms with Gasteiger partial charge in [-0.1, -0.05) is 24.3 Å². The molecule has 31 heavy (non-hydrogen) atoms. The highest BCUT2D eigenvalue weighted by molar-refractivity contribution is 7.21. The lowest BCUT2D eigenvalue weighted by Gasteiger charge is -2.16. The standard InChI is InChI=1S/C23H18N4O3S/c28-18(11-27-22(29)19-12-5-6-13(9-12)20(19)23(27)30)26-17-8-7-14(10-24-17)21-25-15-3-1-2-4-16(15)31-21/h1-8,10,12-13,19-20H,9,11H2,(H,24,26,28). The molecular formula is C23H18N4O3S. The van der Waals surface area contributed by atoms with Crippen molar-refractivity contribution in [2.75, 3.05) is 11.9 Å². The molecule has 0 spiro atoms. The number of carbonyl (C=O) groups is 3. The normalized spacial score (nSPS) is 26.1. The summed E-state index contributed by atoms with van der Waals surface area (Å²) in [5.74, 6) is -0.809. The molecule has 154 valence electrons. The van der Waals surface area contributed by atoms with Crippen molar-refractivity contribution in [1.29, 1.82) is 0 Å². The number of amides is 3. The Hall–Kier alpha value is -3.39. The molecule has 2 aromatic heterocycles. The van der Waals surface area contributed by atoms with Crippen LogP contribution in [0, 0.1) is 23.7 Å². The van der Waals surface area contributed by atoms with Crippen LogP contribution in [-0.4, -0.2) is 39.1 Å². The summed E-state index contributed by atoms with van der Waals surface area (Å²) < 4.78 is 1.10. The lowest BCUT2D eigenvalue weighted by atomic mass is 9.85. The van der Waals surface area contributed by atoms with E-state index >= 15 is 0 Å². The Labute approximate surface area is 181 Å². The van der Waals surface area contributed by atoms with Crippen LogP contribution in [0.15, 0.2) is 54.7 Å². The van der Waals surface area contributed by atoms with Crippen LogP contribution in [0.25, 0.3) is 20.8 Å². The summed E-state index contributed by atoms with van der Waals surface area (Å²) in [7, 11) is 0. The van der Waals surface area contributed by atoms with Crippen LogP contribution in [0.2, 0.25) is 0 Å². The fourth-order valence-electron chi connectivity index (χ4n) is 5.04. The number of benzene rings is 1. The number of anilines is 1. The van der Waals surface area contributed by atoms with Gasteiger partial charge in [-0.3, -0.25) is 19.3 Å². The number of fused-ring (bicyclic) bond motifs is 6. The monoisotopic (exact) mass is 430 g/mol. The first-order valence-electron chi connectivity index (χ1n) is 10.2. The lowest BCUT2D eigenvalue weighted by molar-refractivity contribution is -0.143. The van der Waals surface area contributed by atoms with Crippen molar-refractivity contribution in [3.8, 4) is 10.6 Å². The number of allylic oxidation sites excluding steroid dienone is 2. The Morgan fingerprint density at radius 2 is 1.81 bits per heavy atom. The number of carbonyl (C=O) groups excluding carboxylic acids is 3. The molecular weight excluding hydrogens is 412 g/mol. The van der Waals surface area contributed by atoms with Gasteiger partial charge in [-0.15, -0.1) is 11.3 Å². The minimum absolute atomic E-state index is 0.135. The molecule has 2 fully saturated rings. The molecule has 1 saturated heterocycles. The number of aromatic nitrogens is 2. The molecule has 6 rings (SSSR count). The van der Waals surface area contributed by atoms with Gasteiger partial charge in [-0.05, 0) is 42.5 Å². The maximum Gasteiger partial charge on any atom is 0.245 e. The number of nitrogens with one attached hydrogen (secondary N) is 1. The Morgan fingerprint density at radius 1 is 1.06 bits per heavy atom. The first kappa shape index (κ1) is 18.4. The molecule has 4 unspecified atom stereocenters. The Morgan fingerprint density at radius 3 is 2.48 bits per heavy atom. The van der Waals surface area contributed by atoms with Gasteiger partial charge >= 0.3 is 0 Å². The van der Waals surface area contributed by atoms with Crippen LogP contribution >= 0.6 is 11.3 Å². The highest BCUT2D eigenvalue weighted by Gasteiger charge is 2.59. The van der Waals surface area contributed by atoms with Gasteiger partial charge in [0.2, 0.25) is 17.7 Å². The molecule has 3 aromatic rings. The number of para-hydroxylation sites is 1. The zero-order valence-electron chi connectivity index (χ0n) is 16.4. The molecule has 1 N–H and O–H groups in total. The van der Waals surface area contributed by atoms with E-state index in [-0.39, 0.29) is 42.0 Å². The number of thiazole rings is 1. The van der Waals surface area contributed by atoms with Crippen molar-refractivity contribution in [3.05, 3.63) is 54.7 Å². The van der Waals surface area contributed by atoms with Crippen LogP contribution < -0.4 is 5.32 Å². The van der Waals surface area contributed by atoms with Crippen LogP contribution in [-0.2, 0) is 14.4 Å². The van der Waals surface area contributed by atoms with Crippen LogP contribution in [0.5, 0.6) is 0 Å². The molecule has 3 heterocycles. The van der Waals surface area contributed by atoms with Gasteiger partial charge in [0.05, 0.1) is 22.1 Å². The highest BCUT2D eigenvalue weighted by Crippen LogP contribution is 2.52. The second-order valence-electron chi connectivity index (χ2n) is 8.23. The molecule has 3 aliphatic rings. The van der Waals surface area contributed by atoms with Gasteiger partial charge in [-0.2, -0.15) is 0 Å². The third kappa shape index (κ3) is 2.90. The van der Waals surface area contributed by atoms with Crippen molar-refractivity contribution in [2.24, 2.45) is 23.7 Å². The molecule has 2 bridgehead atoms. The molecule has 4 atom stereocenters. The van der Waals surface area contributed by atoms with Gasteiger partial charge in [0.15, 0.2) is 0 Å². The molecule has 1 aliphatic heterocycles. The molecule has 1 aromatic carbocycles. The molecule has 0 radical (unpaired) electrons. The van der Waals surface area contributed by atoms with Crippen LogP contribution in [0.4, 0.5) is 5.82 Å². The number of hydrogen-bond donors (Lipinski definition) is 1. The minimum Gasteiger partial charge on any atom is -0.309 e. The topological polar surface area (TPSA) is 92.3 Å². The molecule has 3 amide bonds. The van der Waals surface area contributed by atoms with E-state index in [0.717, 1.165) is 32.1 Å². The number of likely N-dealkylation sites (tertiary alicyclic amines) is 1. The molecule has 2 aliphatic carbocycles. The maximum atomic E-state index is 12.7. The first-order chi connectivity index (χ1) is 15.1. The van der Waals surface area contributed by atoms with E-state index in [9.17, 15) is 14.4 Å². The summed E-state index contributed by atoms with van der Waals surface area (Å²) in [5, 5.41) is 3.55. The van der Waals surface area contributed by atoms with Crippen molar-refractivity contribution >= 4 is 45.1 Å². The van der Waals surface area contributed by atoms with E-state index in [1.54, 1.807) is 23.6 Å². The van der Waals surface area contributed by atoms with E-state index in [1.807, 2.05) is 42.5 Å². The predicted molar refractivity (Wildman–Crippen MR) is 116 cm³/mol. The summed E-state index contributed by atoms with van der Waals surface area (Å²) in [5.41, 5.74) is 1.80. The number of nitrogens with zero attached hydrogens (tertiary/aromatic N) is 3. The summed E-state index contributed by atoms with van der Waals surface area (Å²) in [4.78, 5) is 48.0. The van der Waals surface area contributed by atoms with Crippen molar-refractivity contribution in [3.63, 3.8) is 0 Å². The van der Waals surface area contributed by atoms with Gasteiger partial charge in [0.25, 0.3) is 0 Å². The van der Waals surface area contributed by atoms with Gasteiger partial charge < -0.3 is 5.32 Å². The summed E-state index contributed by atoms with van der Waals surface area (Å²) >= 11 is 1.58. The molecule has 7 nitrogen and oxygen atoms in total. The maximum absolute atomic E-state index is 12.7. The Kier molecular flexibility index (Phi) is 4.04. The highest BCUT2D eigenvalue weighted by atomic mass is 32.1. The molecule has 8 heteroatoms. The number of pyridine rings is 1. The largest absolute Gasteiger partial charge is 0.309 e. The minimum atomic E-state index is -0.429. The number of imide groups is 1. The number of rotatable bonds is 4. The quantitative estimate of drug-likeness (QED) is 0.507. The zero-order valence-corrected chi connectivity index (χ0v) is 17.2. The predicted octanol–water partition coefficient (Wildman–Crippen LogP) is 3.10. The summed E-state index contributed by atoms with van der Waals surface area (Å²) in [6.07, 6.45) is 6.61.